The summed E-state index contributed by atoms with van der Waals surface area (Å²) in [7, 11) is 1.37. The molecule has 0 atom stereocenters. The number of esters is 1. The summed E-state index contributed by atoms with van der Waals surface area (Å²) < 4.78 is 6.74. The zero-order valence-corrected chi connectivity index (χ0v) is 10.7. The van der Waals surface area contributed by atoms with Gasteiger partial charge in [0.25, 0.3) is 0 Å². The van der Waals surface area contributed by atoms with Gasteiger partial charge in [-0.25, -0.2) is 9.78 Å². The summed E-state index contributed by atoms with van der Waals surface area (Å²) in [4.78, 5) is 15.7. The maximum Gasteiger partial charge on any atom is 0.340 e. The van der Waals surface area contributed by atoms with Crippen molar-refractivity contribution in [1.82, 2.24) is 9.55 Å². The molecule has 2 aromatic rings. The molecular weight excluding hydrogens is 240 g/mol. The van der Waals surface area contributed by atoms with Crippen molar-refractivity contribution in [2.75, 3.05) is 7.11 Å². The fraction of sp³-hybridized carbons (Fsp3) is 0.333. The number of ether oxygens (including phenoxy) is 1. The Morgan fingerprint density at radius 3 is 2.82 bits per heavy atom. The predicted molar refractivity (Wildman–Crippen MR) is 66.5 cm³/mol. The number of halogens is 1. The number of hydrogen-bond acceptors (Lipinski definition) is 3. The Kier molecular flexibility index (Phi) is 3.07. The van der Waals surface area contributed by atoms with E-state index in [0.717, 1.165) is 10.9 Å². The average molecular weight is 253 g/mol. The molecule has 0 unspecified atom stereocenters. The molecule has 4 nitrogen and oxygen atoms in total. The molecule has 0 aromatic carbocycles. The number of carbonyl (C=O) groups excluding carboxylic acids is 1. The molecule has 0 amide bonds. The second-order valence-electron chi connectivity index (χ2n) is 4.06. The third-order valence-electron chi connectivity index (χ3n) is 2.65. The highest BCUT2D eigenvalue weighted by molar-refractivity contribution is 6.30. The van der Waals surface area contributed by atoms with Crippen molar-refractivity contribution in [3.63, 3.8) is 0 Å². The lowest BCUT2D eigenvalue weighted by Gasteiger charge is -2.08. The van der Waals surface area contributed by atoms with E-state index in [0.29, 0.717) is 10.7 Å². The molecular formula is C12H13ClN2O2. The van der Waals surface area contributed by atoms with Crippen LogP contribution in [0.1, 0.15) is 30.2 Å². The molecule has 0 aliphatic carbocycles. The first-order chi connectivity index (χ1) is 8.04. The van der Waals surface area contributed by atoms with Crippen molar-refractivity contribution in [2.45, 2.75) is 19.9 Å². The number of carbonyl (C=O) groups is 1. The van der Waals surface area contributed by atoms with Gasteiger partial charge in [-0.15, -0.1) is 0 Å². The van der Waals surface area contributed by atoms with Crippen molar-refractivity contribution >= 4 is 28.5 Å². The second-order valence-corrected chi connectivity index (χ2v) is 4.45. The lowest BCUT2D eigenvalue weighted by Crippen LogP contribution is -2.01. The van der Waals surface area contributed by atoms with Crippen LogP contribution in [-0.2, 0) is 4.74 Å². The van der Waals surface area contributed by atoms with Crippen LogP contribution in [0, 0.1) is 0 Å². The van der Waals surface area contributed by atoms with Crippen molar-refractivity contribution in [1.29, 1.82) is 0 Å². The van der Waals surface area contributed by atoms with E-state index in [2.05, 4.69) is 4.98 Å². The number of rotatable bonds is 2. The van der Waals surface area contributed by atoms with Crippen LogP contribution < -0.4 is 0 Å². The largest absolute Gasteiger partial charge is 0.465 e. The lowest BCUT2D eigenvalue weighted by atomic mass is 10.2. The summed E-state index contributed by atoms with van der Waals surface area (Å²) in [6, 6.07) is 1.98. The molecule has 0 aliphatic rings. The highest BCUT2D eigenvalue weighted by atomic mass is 35.5. The Hall–Kier alpha value is -1.55. The van der Waals surface area contributed by atoms with Gasteiger partial charge in [-0.05, 0) is 19.9 Å². The second kappa shape index (κ2) is 4.37. The first kappa shape index (κ1) is 11.9. The number of methoxy groups -OCH3 is 1. The minimum absolute atomic E-state index is 0.231. The van der Waals surface area contributed by atoms with Crippen molar-refractivity contribution in [2.24, 2.45) is 0 Å². The van der Waals surface area contributed by atoms with Gasteiger partial charge in [-0.1, -0.05) is 11.6 Å². The molecule has 2 heterocycles. The third kappa shape index (κ3) is 2.00. The maximum absolute atomic E-state index is 11.7. The minimum Gasteiger partial charge on any atom is -0.465 e. The van der Waals surface area contributed by atoms with Gasteiger partial charge in [-0.2, -0.15) is 0 Å². The normalized spacial score (nSPS) is 11.1. The topological polar surface area (TPSA) is 44.1 Å². The van der Waals surface area contributed by atoms with E-state index in [1.807, 2.05) is 18.4 Å². The van der Waals surface area contributed by atoms with Gasteiger partial charge in [0.05, 0.1) is 18.2 Å². The number of aromatic nitrogens is 2. The molecule has 5 heteroatoms. The SMILES string of the molecule is COC(=O)c1cn(C(C)C)c2cc(Cl)ncc12. The third-order valence-corrected chi connectivity index (χ3v) is 2.85. The zero-order valence-electron chi connectivity index (χ0n) is 9.90. The number of nitrogens with zero attached hydrogens (tertiary/aromatic N) is 2. The molecule has 0 N–H and O–H groups in total. The van der Waals surface area contributed by atoms with Crippen LogP contribution in [0.5, 0.6) is 0 Å². The molecule has 0 saturated heterocycles. The van der Waals surface area contributed by atoms with E-state index in [1.165, 1.54) is 7.11 Å². The van der Waals surface area contributed by atoms with E-state index in [4.69, 9.17) is 16.3 Å². The van der Waals surface area contributed by atoms with Crippen LogP contribution in [0.3, 0.4) is 0 Å². The van der Waals surface area contributed by atoms with Gasteiger partial charge in [-0.3, -0.25) is 0 Å². The first-order valence-corrected chi connectivity index (χ1v) is 5.66. The Morgan fingerprint density at radius 1 is 1.53 bits per heavy atom. The highest BCUT2D eigenvalue weighted by Crippen LogP contribution is 2.26. The molecule has 90 valence electrons. The standard InChI is InChI=1S/C12H13ClN2O2/c1-7(2)15-6-9(12(16)17-3)8-5-14-11(13)4-10(8)15/h4-7H,1-3H3. The van der Waals surface area contributed by atoms with Gasteiger partial charge in [0.1, 0.15) is 5.15 Å². The Bertz CT molecular complexity index is 575. The molecule has 0 fully saturated rings. The molecule has 17 heavy (non-hydrogen) atoms. The predicted octanol–water partition coefficient (Wildman–Crippen LogP) is 3.06. The molecule has 0 spiro atoms. The number of hydrogen-bond donors (Lipinski definition) is 0. The Balaban J connectivity index is 2.75. The maximum atomic E-state index is 11.7. The summed E-state index contributed by atoms with van der Waals surface area (Å²) in [5.74, 6) is -0.362. The number of fused-ring (bicyclic) bond motifs is 1. The van der Waals surface area contributed by atoms with Gasteiger partial charge in [0, 0.05) is 23.8 Å². The van der Waals surface area contributed by atoms with E-state index >= 15 is 0 Å². The van der Waals surface area contributed by atoms with Crippen LogP contribution in [0.25, 0.3) is 10.9 Å². The molecule has 0 saturated carbocycles. The van der Waals surface area contributed by atoms with Crippen molar-refractivity contribution < 1.29 is 9.53 Å². The van der Waals surface area contributed by atoms with E-state index in [9.17, 15) is 4.79 Å². The fourth-order valence-corrected chi connectivity index (χ4v) is 1.97. The van der Waals surface area contributed by atoms with Crippen LogP contribution in [0.4, 0.5) is 0 Å². The Morgan fingerprint density at radius 2 is 2.24 bits per heavy atom. The van der Waals surface area contributed by atoms with Gasteiger partial charge >= 0.3 is 5.97 Å². The smallest absolute Gasteiger partial charge is 0.340 e. The zero-order chi connectivity index (χ0) is 12.6. The van der Waals surface area contributed by atoms with Crippen LogP contribution in [0.2, 0.25) is 5.15 Å². The highest BCUT2D eigenvalue weighted by Gasteiger charge is 2.17. The van der Waals surface area contributed by atoms with Crippen LogP contribution >= 0.6 is 11.6 Å². The first-order valence-electron chi connectivity index (χ1n) is 5.29. The fourth-order valence-electron chi connectivity index (χ4n) is 1.82. The van der Waals surface area contributed by atoms with Gasteiger partial charge in [0.2, 0.25) is 0 Å². The summed E-state index contributed by atoms with van der Waals surface area (Å²) in [6.45, 7) is 4.07. The molecule has 0 radical (unpaired) electrons. The minimum atomic E-state index is -0.362. The van der Waals surface area contributed by atoms with E-state index in [-0.39, 0.29) is 12.0 Å². The summed E-state index contributed by atoms with van der Waals surface area (Å²) in [6.07, 6.45) is 3.38. The molecule has 2 aromatic heterocycles. The molecule has 0 bridgehead atoms. The summed E-state index contributed by atoms with van der Waals surface area (Å²) in [5.41, 5.74) is 1.40. The monoisotopic (exact) mass is 252 g/mol. The van der Waals surface area contributed by atoms with E-state index in [1.54, 1.807) is 18.5 Å². The van der Waals surface area contributed by atoms with Gasteiger partial charge < -0.3 is 9.30 Å². The summed E-state index contributed by atoms with van der Waals surface area (Å²) in [5, 5.41) is 1.17. The van der Waals surface area contributed by atoms with Crippen LogP contribution in [-0.4, -0.2) is 22.6 Å². The van der Waals surface area contributed by atoms with Crippen molar-refractivity contribution in [3.05, 3.63) is 29.2 Å². The molecule has 2 rings (SSSR count). The summed E-state index contributed by atoms with van der Waals surface area (Å²) >= 11 is 5.88. The average Bonchev–Trinajstić information content (AvgIpc) is 2.66. The number of pyridine rings is 1. The van der Waals surface area contributed by atoms with Crippen LogP contribution in [0.15, 0.2) is 18.5 Å². The van der Waals surface area contributed by atoms with E-state index < -0.39 is 0 Å². The van der Waals surface area contributed by atoms with Gasteiger partial charge in [0.15, 0.2) is 0 Å². The quantitative estimate of drug-likeness (QED) is 0.610. The molecule has 0 aliphatic heterocycles. The Labute approximate surface area is 104 Å². The van der Waals surface area contributed by atoms with Crippen molar-refractivity contribution in [3.8, 4) is 0 Å². The lowest BCUT2D eigenvalue weighted by molar-refractivity contribution is 0.0602.